The number of hydrogen-bond acceptors (Lipinski definition) is 5. The van der Waals surface area contributed by atoms with Gasteiger partial charge in [-0.05, 0) is 13.0 Å². The summed E-state index contributed by atoms with van der Waals surface area (Å²) < 4.78 is 32.1. The van der Waals surface area contributed by atoms with Gasteiger partial charge in [0.05, 0.1) is 4.92 Å². The van der Waals surface area contributed by atoms with Gasteiger partial charge in [0.25, 0.3) is 0 Å². The van der Waals surface area contributed by atoms with Crippen molar-refractivity contribution >= 4 is 17.3 Å². The molecule has 1 heterocycles. The molecule has 19 heavy (non-hydrogen) atoms. The summed E-state index contributed by atoms with van der Waals surface area (Å²) >= 11 is 5.67. The van der Waals surface area contributed by atoms with Crippen molar-refractivity contribution in [2.75, 3.05) is 0 Å². The zero-order chi connectivity index (χ0) is 14.2. The van der Waals surface area contributed by atoms with Crippen LogP contribution in [0.15, 0.2) is 16.7 Å². The lowest BCUT2D eigenvalue weighted by Gasteiger charge is -2.00. The van der Waals surface area contributed by atoms with Crippen LogP contribution in [0.5, 0.6) is 0 Å². The lowest BCUT2D eigenvalue weighted by molar-refractivity contribution is -0.387. The highest BCUT2D eigenvalue weighted by molar-refractivity contribution is 6.20. The van der Waals surface area contributed by atoms with Crippen molar-refractivity contribution in [3.8, 4) is 11.4 Å². The zero-order valence-electron chi connectivity index (χ0n) is 9.43. The van der Waals surface area contributed by atoms with Crippen molar-refractivity contribution in [2.45, 2.75) is 12.3 Å². The Morgan fingerprint density at radius 3 is 2.68 bits per heavy atom. The molecule has 1 aromatic heterocycles. The largest absolute Gasteiger partial charge is 0.337 e. The number of hydrogen-bond donors (Lipinski definition) is 0. The molecule has 1 aromatic carbocycles. The zero-order valence-corrected chi connectivity index (χ0v) is 10.2. The summed E-state index contributed by atoms with van der Waals surface area (Å²) in [5.41, 5.74) is -1.59. The molecule has 0 fully saturated rings. The summed E-state index contributed by atoms with van der Waals surface area (Å²) in [5, 5.41) is 13.3. The first-order valence-corrected chi connectivity index (χ1v) is 5.46. The molecule has 0 aliphatic heterocycles. The lowest BCUT2D eigenvalue weighted by Crippen LogP contribution is -1.98. The molecule has 9 heteroatoms. The number of benzene rings is 1. The molecule has 0 aliphatic carbocycles. The molecule has 2 aromatic rings. The van der Waals surface area contributed by atoms with Crippen LogP contribution in [-0.2, 0) is 0 Å². The third-order valence-corrected chi connectivity index (χ3v) is 2.46. The van der Waals surface area contributed by atoms with Crippen molar-refractivity contribution in [1.82, 2.24) is 10.1 Å². The average Bonchev–Trinajstić information content (AvgIpc) is 2.78. The summed E-state index contributed by atoms with van der Waals surface area (Å²) in [6, 6.07) is 1.48. The van der Waals surface area contributed by atoms with Gasteiger partial charge in [0, 0.05) is 6.07 Å². The summed E-state index contributed by atoms with van der Waals surface area (Å²) in [4.78, 5) is 13.3. The Hall–Kier alpha value is -2.09. The molecule has 0 saturated carbocycles. The van der Waals surface area contributed by atoms with Gasteiger partial charge in [0.1, 0.15) is 16.8 Å². The van der Waals surface area contributed by atoms with Crippen LogP contribution in [0.3, 0.4) is 0 Å². The highest BCUT2D eigenvalue weighted by Crippen LogP contribution is 2.31. The second-order valence-corrected chi connectivity index (χ2v) is 4.24. The molecule has 0 amide bonds. The predicted octanol–water partition coefficient (Wildman–Crippen LogP) is 3.22. The maximum atomic E-state index is 13.8. The van der Waals surface area contributed by atoms with Crippen LogP contribution in [-0.4, -0.2) is 15.1 Å². The number of rotatable bonds is 3. The van der Waals surface area contributed by atoms with Crippen molar-refractivity contribution in [3.63, 3.8) is 0 Å². The third kappa shape index (κ3) is 2.39. The summed E-state index contributed by atoms with van der Waals surface area (Å²) in [7, 11) is 0. The fourth-order valence-corrected chi connectivity index (χ4v) is 1.47. The van der Waals surface area contributed by atoms with Crippen LogP contribution in [0.2, 0.25) is 0 Å². The number of aromatic nitrogens is 2. The van der Waals surface area contributed by atoms with Gasteiger partial charge in [-0.25, -0.2) is 4.39 Å². The van der Waals surface area contributed by atoms with Crippen molar-refractivity contribution in [1.29, 1.82) is 0 Å². The van der Waals surface area contributed by atoms with E-state index < -0.39 is 39.0 Å². The first-order chi connectivity index (χ1) is 8.91. The second kappa shape index (κ2) is 4.88. The molecule has 1 unspecified atom stereocenters. The van der Waals surface area contributed by atoms with Gasteiger partial charge in [0.15, 0.2) is 0 Å². The van der Waals surface area contributed by atoms with Gasteiger partial charge < -0.3 is 4.52 Å². The van der Waals surface area contributed by atoms with Gasteiger partial charge in [-0.3, -0.25) is 10.1 Å². The number of nitro benzene ring substituents is 1. The van der Waals surface area contributed by atoms with Crippen LogP contribution in [0, 0.1) is 21.7 Å². The van der Waals surface area contributed by atoms with E-state index >= 15 is 0 Å². The Kier molecular flexibility index (Phi) is 3.43. The normalized spacial score (nSPS) is 12.4. The molecular formula is C10H6ClF2N3O3. The maximum absolute atomic E-state index is 13.8. The third-order valence-electron chi connectivity index (χ3n) is 2.27. The van der Waals surface area contributed by atoms with E-state index in [9.17, 15) is 18.9 Å². The van der Waals surface area contributed by atoms with Gasteiger partial charge >= 0.3 is 5.69 Å². The maximum Gasteiger partial charge on any atom is 0.305 e. The Morgan fingerprint density at radius 1 is 1.47 bits per heavy atom. The van der Waals surface area contributed by atoms with E-state index in [1.807, 2.05) is 0 Å². The smallest absolute Gasteiger partial charge is 0.305 e. The Bertz CT molecular complexity index is 645. The molecule has 0 spiro atoms. The minimum absolute atomic E-state index is 0.0398. The lowest BCUT2D eigenvalue weighted by atomic mass is 10.1. The molecule has 0 bridgehead atoms. The quantitative estimate of drug-likeness (QED) is 0.492. The highest BCUT2D eigenvalue weighted by Gasteiger charge is 2.26. The number of nitrogens with zero attached hydrogens (tertiary/aromatic N) is 3. The highest BCUT2D eigenvalue weighted by atomic mass is 35.5. The molecule has 100 valence electrons. The SMILES string of the molecule is CC(Cl)c1nc(-c2c(F)ccc([N+](=O)[O-])c2F)no1. The second-order valence-electron chi connectivity index (χ2n) is 3.58. The Morgan fingerprint density at radius 2 is 2.16 bits per heavy atom. The number of alkyl halides is 1. The fourth-order valence-electron chi connectivity index (χ4n) is 1.39. The van der Waals surface area contributed by atoms with E-state index in [1.54, 1.807) is 0 Å². The average molecular weight is 290 g/mol. The van der Waals surface area contributed by atoms with E-state index in [0.29, 0.717) is 0 Å². The van der Waals surface area contributed by atoms with E-state index in [-0.39, 0.29) is 5.89 Å². The summed E-state index contributed by atoms with van der Waals surface area (Å²) in [6.07, 6.45) is 0. The molecule has 6 nitrogen and oxygen atoms in total. The van der Waals surface area contributed by atoms with E-state index in [0.717, 1.165) is 12.1 Å². The first-order valence-electron chi connectivity index (χ1n) is 5.02. The van der Waals surface area contributed by atoms with Crippen molar-refractivity contribution in [2.24, 2.45) is 0 Å². The Balaban J connectivity index is 2.60. The Labute approximate surface area is 110 Å². The molecule has 2 rings (SSSR count). The molecule has 0 N–H and O–H groups in total. The summed E-state index contributed by atoms with van der Waals surface area (Å²) in [6.45, 7) is 1.53. The molecular weight excluding hydrogens is 284 g/mol. The van der Waals surface area contributed by atoms with Gasteiger partial charge in [-0.2, -0.15) is 9.37 Å². The summed E-state index contributed by atoms with van der Waals surface area (Å²) in [5.74, 6) is -2.86. The number of halogens is 3. The van der Waals surface area contributed by atoms with Crippen molar-refractivity contribution in [3.05, 3.63) is 39.8 Å². The van der Waals surface area contributed by atoms with Crippen LogP contribution in [0.25, 0.3) is 11.4 Å². The van der Waals surface area contributed by atoms with Gasteiger partial charge in [0.2, 0.25) is 17.5 Å². The van der Waals surface area contributed by atoms with Crippen LogP contribution in [0.4, 0.5) is 14.5 Å². The minimum atomic E-state index is -1.36. The van der Waals surface area contributed by atoms with E-state index in [2.05, 4.69) is 10.1 Å². The van der Waals surface area contributed by atoms with E-state index in [1.165, 1.54) is 6.92 Å². The number of nitro groups is 1. The van der Waals surface area contributed by atoms with Gasteiger partial charge in [-0.1, -0.05) is 5.16 Å². The molecule has 1 atom stereocenters. The van der Waals surface area contributed by atoms with Crippen LogP contribution in [0.1, 0.15) is 18.2 Å². The molecule has 0 aliphatic rings. The fraction of sp³-hybridized carbons (Fsp3) is 0.200. The van der Waals surface area contributed by atoms with Crippen LogP contribution < -0.4 is 0 Å². The standard InChI is InChI=1S/C10H6ClF2N3O3/c1-4(11)10-14-9(15-19-10)7-5(12)2-3-6(8(7)13)16(17)18/h2-4H,1H3. The topological polar surface area (TPSA) is 82.1 Å². The van der Waals surface area contributed by atoms with Gasteiger partial charge in [-0.15, -0.1) is 11.6 Å². The minimum Gasteiger partial charge on any atom is -0.337 e. The monoisotopic (exact) mass is 289 g/mol. The van der Waals surface area contributed by atoms with Crippen LogP contribution >= 0.6 is 11.6 Å². The van der Waals surface area contributed by atoms with E-state index in [4.69, 9.17) is 16.1 Å². The molecule has 0 radical (unpaired) electrons. The molecule has 0 saturated heterocycles. The first kappa shape index (κ1) is 13.3. The van der Waals surface area contributed by atoms with Crippen molar-refractivity contribution < 1.29 is 18.2 Å². The predicted molar refractivity (Wildman–Crippen MR) is 60.6 cm³/mol.